The fourth-order valence-corrected chi connectivity index (χ4v) is 4.50. The van der Waals surface area contributed by atoms with Gasteiger partial charge in [-0.05, 0) is 35.6 Å². The summed E-state index contributed by atoms with van der Waals surface area (Å²) in [6.07, 6.45) is 6.27. The summed E-state index contributed by atoms with van der Waals surface area (Å²) in [5.41, 5.74) is 2.04. The molecule has 0 aliphatic carbocycles. The number of nitrogens with one attached hydrogen (secondary N) is 1. The van der Waals surface area contributed by atoms with E-state index in [9.17, 15) is 9.90 Å². The molecule has 1 aromatic carbocycles. The van der Waals surface area contributed by atoms with Crippen molar-refractivity contribution in [3.05, 3.63) is 87.4 Å². The summed E-state index contributed by atoms with van der Waals surface area (Å²) < 4.78 is 0. The molecule has 28 heavy (non-hydrogen) atoms. The highest BCUT2D eigenvalue weighted by Gasteiger charge is 2.14. The molecule has 0 aliphatic heterocycles. The maximum atomic E-state index is 11.6. The average molecular weight is 431 g/mol. The Morgan fingerprint density at radius 1 is 1.36 bits per heavy atom. The minimum absolute atomic E-state index is 0.0907. The Labute approximate surface area is 177 Å². The number of imidazole rings is 1. The number of aromatic nitrogens is 2. The lowest BCUT2D eigenvalue weighted by atomic mass is 10.1. The summed E-state index contributed by atoms with van der Waals surface area (Å²) >= 11 is 9.33. The van der Waals surface area contributed by atoms with Crippen molar-refractivity contribution in [2.45, 2.75) is 23.2 Å². The van der Waals surface area contributed by atoms with Crippen molar-refractivity contribution in [2.75, 3.05) is 0 Å². The van der Waals surface area contributed by atoms with Crippen LogP contribution in [0.2, 0.25) is 5.02 Å². The molecule has 0 saturated carbocycles. The molecule has 0 saturated heterocycles. The first-order chi connectivity index (χ1) is 13.5. The summed E-state index contributed by atoms with van der Waals surface area (Å²) in [7, 11) is 0. The summed E-state index contributed by atoms with van der Waals surface area (Å²) in [5, 5.41) is 13.0. The van der Waals surface area contributed by atoms with Crippen LogP contribution in [0, 0.1) is 0 Å². The number of aromatic amines is 1. The Hall–Kier alpha value is -2.28. The number of H-pyrrole nitrogens is 1. The quantitative estimate of drug-likeness (QED) is 0.258. The van der Waals surface area contributed by atoms with Gasteiger partial charge in [-0.2, -0.15) is 0 Å². The van der Waals surface area contributed by atoms with Gasteiger partial charge in [0.25, 0.3) is 0 Å². The van der Waals surface area contributed by atoms with E-state index in [2.05, 4.69) is 16.5 Å². The van der Waals surface area contributed by atoms with E-state index < -0.39 is 5.97 Å². The zero-order valence-corrected chi connectivity index (χ0v) is 17.4. The maximum absolute atomic E-state index is 11.6. The van der Waals surface area contributed by atoms with Gasteiger partial charge in [0.1, 0.15) is 0 Å². The monoisotopic (exact) mass is 430 g/mol. The molecule has 0 amide bonds. The predicted octanol–water partition coefficient (Wildman–Crippen LogP) is 5.72. The lowest BCUT2D eigenvalue weighted by Crippen LogP contribution is -2.04. The van der Waals surface area contributed by atoms with E-state index in [1.54, 1.807) is 23.6 Å². The van der Waals surface area contributed by atoms with Crippen LogP contribution >= 0.6 is 34.7 Å². The molecule has 144 valence electrons. The standard InChI is InChI=1S/C21H19ClN2O2S2/c1-2-17(11-14-6-3-4-8-19(14)22)28-21-23-13-16(24-21)10-15(20(25)26)12-18-7-5-9-27-18/h2-10,13,17H,1,11-12H2,(H,23,24)(H,25,26)/b15-10+. The molecular formula is C21H19ClN2O2S2. The normalized spacial score (nSPS) is 12.7. The van der Waals surface area contributed by atoms with Crippen LogP contribution in [0.5, 0.6) is 0 Å². The molecular weight excluding hydrogens is 412 g/mol. The van der Waals surface area contributed by atoms with Crippen LogP contribution in [0.4, 0.5) is 0 Å². The molecule has 0 radical (unpaired) electrons. The third kappa shape index (κ3) is 5.61. The third-order valence-electron chi connectivity index (χ3n) is 4.03. The second-order valence-electron chi connectivity index (χ2n) is 6.06. The van der Waals surface area contributed by atoms with Gasteiger partial charge in [-0.25, -0.2) is 9.78 Å². The number of thioether (sulfide) groups is 1. The van der Waals surface area contributed by atoms with Gasteiger partial charge in [0.2, 0.25) is 0 Å². The number of aliphatic carboxylic acids is 1. The fourth-order valence-electron chi connectivity index (χ4n) is 2.62. The van der Waals surface area contributed by atoms with E-state index in [1.807, 2.05) is 47.9 Å². The number of benzene rings is 1. The molecule has 4 nitrogen and oxygen atoms in total. The largest absolute Gasteiger partial charge is 0.478 e. The summed E-state index contributed by atoms with van der Waals surface area (Å²) in [5.74, 6) is -0.931. The number of hydrogen-bond donors (Lipinski definition) is 2. The maximum Gasteiger partial charge on any atom is 0.332 e. The second-order valence-corrected chi connectivity index (χ2v) is 8.73. The van der Waals surface area contributed by atoms with Crippen molar-refractivity contribution in [1.29, 1.82) is 0 Å². The number of thiophene rings is 1. The van der Waals surface area contributed by atoms with Crippen molar-refractivity contribution in [3.8, 4) is 0 Å². The molecule has 3 rings (SSSR count). The topological polar surface area (TPSA) is 66.0 Å². The predicted molar refractivity (Wildman–Crippen MR) is 117 cm³/mol. The number of carbonyl (C=O) groups is 1. The van der Waals surface area contributed by atoms with Crippen molar-refractivity contribution in [3.63, 3.8) is 0 Å². The SMILES string of the molecule is C=CC(Cc1ccccc1Cl)Sc1ncc(/C=C(\Cc2cccs2)C(=O)O)[nH]1. The van der Waals surface area contributed by atoms with Gasteiger partial charge in [-0.1, -0.05) is 53.7 Å². The average Bonchev–Trinajstić information content (AvgIpc) is 3.34. The van der Waals surface area contributed by atoms with Gasteiger partial charge in [0, 0.05) is 27.1 Å². The van der Waals surface area contributed by atoms with Crippen molar-refractivity contribution >= 4 is 46.7 Å². The molecule has 1 unspecified atom stereocenters. The van der Waals surface area contributed by atoms with Gasteiger partial charge >= 0.3 is 5.97 Å². The van der Waals surface area contributed by atoms with Gasteiger partial charge < -0.3 is 10.1 Å². The minimum atomic E-state index is -0.931. The van der Waals surface area contributed by atoms with E-state index in [-0.39, 0.29) is 5.25 Å². The zero-order chi connectivity index (χ0) is 19.9. The molecule has 0 spiro atoms. The second kappa shape index (κ2) is 9.78. The van der Waals surface area contributed by atoms with E-state index in [4.69, 9.17) is 11.6 Å². The molecule has 0 bridgehead atoms. The number of carboxylic acid groups (broad SMARTS) is 1. The van der Waals surface area contributed by atoms with E-state index in [1.165, 1.54) is 11.8 Å². The lowest BCUT2D eigenvalue weighted by Gasteiger charge is -2.11. The Morgan fingerprint density at radius 3 is 2.86 bits per heavy atom. The highest BCUT2D eigenvalue weighted by atomic mass is 35.5. The number of carboxylic acids is 1. The Bertz CT molecular complexity index is 980. The molecule has 0 aliphatic rings. The van der Waals surface area contributed by atoms with Crippen LogP contribution in [0.25, 0.3) is 6.08 Å². The summed E-state index contributed by atoms with van der Waals surface area (Å²) in [4.78, 5) is 20.1. The van der Waals surface area contributed by atoms with Crippen molar-refractivity contribution < 1.29 is 9.90 Å². The summed E-state index contributed by atoms with van der Waals surface area (Å²) in [6, 6.07) is 11.6. The Morgan fingerprint density at radius 2 is 2.18 bits per heavy atom. The fraction of sp³-hybridized carbons (Fsp3) is 0.143. The van der Waals surface area contributed by atoms with Gasteiger partial charge in [-0.3, -0.25) is 0 Å². The molecule has 2 N–H and O–H groups in total. The number of nitrogens with zero attached hydrogens (tertiary/aromatic N) is 1. The zero-order valence-electron chi connectivity index (χ0n) is 15.0. The highest BCUT2D eigenvalue weighted by molar-refractivity contribution is 7.99. The molecule has 1 atom stereocenters. The molecule has 0 fully saturated rings. The first-order valence-corrected chi connectivity index (χ1v) is 10.7. The number of halogens is 1. The van der Waals surface area contributed by atoms with Crippen LogP contribution in [-0.2, 0) is 17.6 Å². The number of hydrogen-bond acceptors (Lipinski definition) is 4. The molecule has 2 heterocycles. The van der Waals surface area contributed by atoms with Crippen LogP contribution in [0.1, 0.15) is 16.1 Å². The number of rotatable bonds is 9. The molecule has 7 heteroatoms. The summed E-state index contributed by atoms with van der Waals surface area (Å²) in [6.45, 7) is 3.91. The Kier molecular flexibility index (Phi) is 7.14. The van der Waals surface area contributed by atoms with E-state index in [0.29, 0.717) is 22.8 Å². The van der Waals surface area contributed by atoms with E-state index >= 15 is 0 Å². The van der Waals surface area contributed by atoms with Crippen LogP contribution in [0.3, 0.4) is 0 Å². The highest BCUT2D eigenvalue weighted by Crippen LogP contribution is 2.27. The first-order valence-electron chi connectivity index (χ1n) is 8.59. The van der Waals surface area contributed by atoms with Crippen LogP contribution in [0.15, 0.2) is 71.4 Å². The Balaban J connectivity index is 1.70. The lowest BCUT2D eigenvalue weighted by molar-refractivity contribution is -0.132. The minimum Gasteiger partial charge on any atom is -0.478 e. The van der Waals surface area contributed by atoms with Gasteiger partial charge in [0.15, 0.2) is 5.16 Å². The van der Waals surface area contributed by atoms with E-state index in [0.717, 1.165) is 21.9 Å². The smallest absolute Gasteiger partial charge is 0.332 e. The van der Waals surface area contributed by atoms with Crippen molar-refractivity contribution in [2.24, 2.45) is 0 Å². The molecule has 2 aromatic heterocycles. The first kappa shape index (κ1) is 20.5. The van der Waals surface area contributed by atoms with Crippen LogP contribution in [-0.4, -0.2) is 26.3 Å². The third-order valence-corrected chi connectivity index (χ3v) is 6.36. The molecule has 3 aromatic rings. The van der Waals surface area contributed by atoms with Gasteiger partial charge in [0.05, 0.1) is 11.9 Å². The van der Waals surface area contributed by atoms with Gasteiger partial charge in [-0.15, -0.1) is 17.9 Å². The van der Waals surface area contributed by atoms with Crippen LogP contribution < -0.4 is 0 Å². The van der Waals surface area contributed by atoms with Crippen molar-refractivity contribution in [1.82, 2.24) is 9.97 Å².